The number of benzene rings is 1. The first-order valence-electron chi connectivity index (χ1n) is 7.81. The summed E-state index contributed by atoms with van der Waals surface area (Å²) < 4.78 is 6.31. The molecule has 0 spiro atoms. The van der Waals surface area contributed by atoms with Crippen LogP contribution in [-0.4, -0.2) is 38.9 Å². The Balaban J connectivity index is 0.00000196. The monoisotopic (exact) mass is 420 g/mol. The van der Waals surface area contributed by atoms with Gasteiger partial charge in [-0.25, -0.2) is 4.98 Å². The Hall–Kier alpha value is -2.99. The van der Waals surface area contributed by atoms with Gasteiger partial charge in [-0.05, 0) is 24.3 Å². The number of esters is 1. The minimum atomic E-state index is -0.756. The molecular formula is C18H18Cl2N6O2. The van der Waals surface area contributed by atoms with Crippen LogP contribution < -0.4 is 5.73 Å². The van der Waals surface area contributed by atoms with Gasteiger partial charge in [-0.1, -0.05) is 12.1 Å². The van der Waals surface area contributed by atoms with Gasteiger partial charge in [-0.15, -0.1) is 35.0 Å². The number of hydrogen-bond donors (Lipinski definition) is 1. The first-order valence-corrected chi connectivity index (χ1v) is 7.81. The van der Waals surface area contributed by atoms with E-state index in [9.17, 15) is 4.79 Å². The largest absolute Gasteiger partial charge is 0.468 e. The predicted octanol–water partition coefficient (Wildman–Crippen LogP) is 2.09. The van der Waals surface area contributed by atoms with Crippen molar-refractivity contribution in [3.63, 3.8) is 0 Å². The van der Waals surface area contributed by atoms with Crippen molar-refractivity contribution in [1.82, 2.24) is 19.7 Å². The summed E-state index contributed by atoms with van der Waals surface area (Å²) >= 11 is 0. The maximum absolute atomic E-state index is 11.4. The van der Waals surface area contributed by atoms with E-state index < -0.39 is 12.0 Å². The zero-order valence-corrected chi connectivity index (χ0v) is 16.5. The van der Waals surface area contributed by atoms with Gasteiger partial charge in [0.25, 0.3) is 0 Å². The highest BCUT2D eigenvalue weighted by Crippen LogP contribution is 2.17. The molecule has 146 valence electrons. The maximum Gasteiger partial charge on any atom is 0.323 e. The van der Waals surface area contributed by atoms with E-state index in [1.807, 2.05) is 24.3 Å². The minimum absolute atomic E-state index is 0. The van der Waals surface area contributed by atoms with Gasteiger partial charge < -0.3 is 10.5 Å². The summed E-state index contributed by atoms with van der Waals surface area (Å²) in [6.45, 7) is 0. The fraction of sp³-hybridized carbons (Fsp3) is 0.167. The second-order valence-corrected chi connectivity index (χ2v) is 5.57. The van der Waals surface area contributed by atoms with Crippen LogP contribution in [0.2, 0.25) is 0 Å². The normalized spacial score (nSPS) is 10.8. The molecule has 2 N–H and O–H groups in total. The van der Waals surface area contributed by atoms with Gasteiger partial charge in [0.15, 0.2) is 5.82 Å². The SMILES string of the molecule is COC(=O)C(N)Cc1cn(-c2ccc(-c3ccc(C#N)cc3)nn2)cn1.Cl.Cl. The number of nitrogens with zero attached hydrogens (tertiary/aromatic N) is 5. The van der Waals surface area contributed by atoms with E-state index in [1.54, 1.807) is 29.2 Å². The Morgan fingerprint density at radius 2 is 1.93 bits per heavy atom. The van der Waals surface area contributed by atoms with Crippen LogP contribution in [0.15, 0.2) is 48.9 Å². The molecular weight excluding hydrogens is 403 g/mol. The number of nitrogens with two attached hydrogens (primary N) is 1. The van der Waals surface area contributed by atoms with E-state index in [0.29, 0.717) is 22.8 Å². The predicted molar refractivity (Wildman–Crippen MR) is 107 cm³/mol. The van der Waals surface area contributed by atoms with Crippen LogP contribution in [0, 0.1) is 11.3 Å². The number of halogens is 2. The number of rotatable bonds is 5. The molecule has 1 atom stereocenters. The van der Waals surface area contributed by atoms with Crippen LogP contribution in [0.1, 0.15) is 11.3 Å². The van der Waals surface area contributed by atoms with Crippen LogP contribution in [0.5, 0.6) is 0 Å². The molecule has 10 heteroatoms. The summed E-state index contributed by atoms with van der Waals surface area (Å²) in [7, 11) is 1.30. The van der Waals surface area contributed by atoms with Crippen molar-refractivity contribution >= 4 is 30.8 Å². The van der Waals surface area contributed by atoms with Crippen molar-refractivity contribution in [1.29, 1.82) is 5.26 Å². The van der Waals surface area contributed by atoms with Crippen molar-refractivity contribution in [2.45, 2.75) is 12.5 Å². The topological polar surface area (TPSA) is 120 Å². The Labute approximate surface area is 174 Å². The summed E-state index contributed by atoms with van der Waals surface area (Å²) in [5.41, 5.74) is 8.56. The molecule has 0 amide bonds. The second-order valence-electron chi connectivity index (χ2n) is 5.57. The Kier molecular flexibility index (Phi) is 8.54. The van der Waals surface area contributed by atoms with Crippen LogP contribution in [0.3, 0.4) is 0 Å². The van der Waals surface area contributed by atoms with E-state index in [1.165, 1.54) is 7.11 Å². The number of aromatic nitrogens is 4. The summed E-state index contributed by atoms with van der Waals surface area (Å²) in [4.78, 5) is 15.6. The van der Waals surface area contributed by atoms with Crippen molar-refractivity contribution in [2.24, 2.45) is 5.73 Å². The molecule has 8 nitrogen and oxygen atoms in total. The second kappa shape index (κ2) is 10.4. The highest BCUT2D eigenvalue weighted by atomic mass is 35.5. The lowest BCUT2D eigenvalue weighted by Gasteiger charge is -2.06. The third-order valence-corrected chi connectivity index (χ3v) is 3.79. The summed E-state index contributed by atoms with van der Waals surface area (Å²) in [6, 6.07) is 12.1. The average Bonchev–Trinajstić information content (AvgIpc) is 3.16. The molecule has 3 aromatic rings. The van der Waals surface area contributed by atoms with Crippen LogP contribution in [0.4, 0.5) is 0 Å². The van der Waals surface area contributed by atoms with E-state index >= 15 is 0 Å². The van der Waals surface area contributed by atoms with Crippen molar-refractivity contribution in [2.75, 3.05) is 7.11 Å². The molecule has 0 saturated carbocycles. The van der Waals surface area contributed by atoms with Crippen LogP contribution in [0.25, 0.3) is 17.1 Å². The van der Waals surface area contributed by atoms with Gasteiger partial charge in [0, 0.05) is 18.2 Å². The van der Waals surface area contributed by atoms with Gasteiger partial charge >= 0.3 is 5.97 Å². The van der Waals surface area contributed by atoms with E-state index in [4.69, 9.17) is 11.0 Å². The number of methoxy groups -OCH3 is 1. The van der Waals surface area contributed by atoms with E-state index in [0.717, 1.165) is 5.56 Å². The molecule has 2 heterocycles. The molecule has 1 aromatic carbocycles. The zero-order chi connectivity index (χ0) is 18.5. The molecule has 3 rings (SSSR count). The number of ether oxygens (including phenoxy) is 1. The molecule has 0 radical (unpaired) electrons. The lowest BCUT2D eigenvalue weighted by molar-refractivity contribution is -0.142. The molecule has 0 aliphatic heterocycles. The number of carbonyl (C=O) groups is 1. The lowest BCUT2D eigenvalue weighted by atomic mass is 10.1. The molecule has 0 fully saturated rings. The van der Waals surface area contributed by atoms with Crippen molar-refractivity contribution in [3.8, 4) is 23.1 Å². The fourth-order valence-corrected chi connectivity index (χ4v) is 2.39. The third-order valence-electron chi connectivity index (χ3n) is 3.79. The first kappa shape index (κ1) is 23.0. The highest BCUT2D eigenvalue weighted by Gasteiger charge is 2.16. The lowest BCUT2D eigenvalue weighted by Crippen LogP contribution is -2.33. The van der Waals surface area contributed by atoms with E-state index in [2.05, 4.69) is 26.0 Å². The Bertz CT molecular complexity index is 951. The minimum Gasteiger partial charge on any atom is -0.468 e. The smallest absolute Gasteiger partial charge is 0.323 e. The third kappa shape index (κ3) is 5.27. The standard InChI is InChI=1S/C18H16N6O2.2ClH/c1-26-18(25)15(20)8-14-10-24(11-21-14)17-7-6-16(22-23-17)13-4-2-12(9-19)3-5-13;;/h2-7,10-11,15H,8,20H2,1H3;2*1H. The summed E-state index contributed by atoms with van der Waals surface area (Å²) in [5.74, 6) is 0.110. The summed E-state index contributed by atoms with van der Waals surface area (Å²) in [6.07, 6.45) is 3.61. The number of imidazole rings is 1. The van der Waals surface area contributed by atoms with Gasteiger partial charge in [0.1, 0.15) is 12.4 Å². The van der Waals surface area contributed by atoms with Crippen molar-refractivity contribution in [3.05, 3.63) is 60.2 Å². The quantitative estimate of drug-likeness (QED) is 0.627. The van der Waals surface area contributed by atoms with Gasteiger partial charge in [0.2, 0.25) is 0 Å². The van der Waals surface area contributed by atoms with Gasteiger partial charge in [-0.3, -0.25) is 9.36 Å². The Morgan fingerprint density at radius 1 is 1.21 bits per heavy atom. The molecule has 2 aromatic heterocycles. The van der Waals surface area contributed by atoms with Crippen LogP contribution in [-0.2, 0) is 16.0 Å². The Morgan fingerprint density at radius 3 is 2.50 bits per heavy atom. The maximum atomic E-state index is 11.4. The van der Waals surface area contributed by atoms with Crippen molar-refractivity contribution < 1.29 is 9.53 Å². The number of nitriles is 1. The van der Waals surface area contributed by atoms with Gasteiger partial charge in [-0.2, -0.15) is 5.26 Å². The average molecular weight is 421 g/mol. The zero-order valence-electron chi connectivity index (χ0n) is 14.8. The molecule has 0 bridgehead atoms. The van der Waals surface area contributed by atoms with Gasteiger partial charge in [0.05, 0.1) is 30.1 Å². The highest BCUT2D eigenvalue weighted by molar-refractivity contribution is 5.85. The number of carbonyl (C=O) groups excluding carboxylic acids is 1. The van der Waals surface area contributed by atoms with E-state index in [-0.39, 0.29) is 31.2 Å². The molecule has 0 saturated heterocycles. The fourth-order valence-electron chi connectivity index (χ4n) is 2.39. The molecule has 0 aliphatic carbocycles. The summed E-state index contributed by atoms with van der Waals surface area (Å²) in [5, 5.41) is 17.3. The number of hydrogen-bond acceptors (Lipinski definition) is 7. The molecule has 28 heavy (non-hydrogen) atoms. The molecule has 1 unspecified atom stereocenters. The first-order chi connectivity index (χ1) is 12.6. The van der Waals surface area contributed by atoms with Crippen LogP contribution >= 0.6 is 24.8 Å². The molecule has 0 aliphatic rings.